The second-order valence-corrected chi connectivity index (χ2v) is 6.41. The lowest BCUT2D eigenvalue weighted by molar-refractivity contribution is 0.498. The molecule has 84 valence electrons. The van der Waals surface area contributed by atoms with Gasteiger partial charge in [-0.25, -0.2) is 0 Å². The van der Waals surface area contributed by atoms with E-state index in [1.54, 1.807) is 0 Å². The van der Waals surface area contributed by atoms with Crippen molar-refractivity contribution < 1.29 is 0 Å². The molecule has 1 aromatic rings. The van der Waals surface area contributed by atoms with Crippen molar-refractivity contribution in [1.29, 1.82) is 0 Å². The maximum atomic E-state index is 3.68. The first-order chi connectivity index (χ1) is 7.24. The lowest BCUT2D eigenvalue weighted by Gasteiger charge is -2.16. The molecule has 0 heterocycles. The predicted molar refractivity (Wildman–Crippen MR) is 74.0 cm³/mol. The Morgan fingerprint density at radius 3 is 2.47 bits per heavy atom. The van der Waals surface area contributed by atoms with Gasteiger partial charge in [-0.2, -0.15) is 0 Å². The van der Waals surface area contributed by atoms with Crippen LogP contribution >= 0.6 is 27.7 Å². The number of thioether (sulfide) groups is 1. The zero-order chi connectivity index (χ0) is 11.1. The Bertz CT molecular complexity index is 258. The monoisotopic (exact) mass is 286 g/mol. The summed E-state index contributed by atoms with van der Waals surface area (Å²) in [6, 6.07) is 10.6. The van der Waals surface area contributed by atoms with Gasteiger partial charge in [0, 0.05) is 9.72 Å². The summed E-state index contributed by atoms with van der Waals surface area (Å²) >= 11 is 5.64. The highest BCUT2D eigenvalue weighted by atomic mass is 79.9. The zero-order valence-electron chi connectivity index (χ0n) is 9.45. The standard InChI is InChI=1S/C13H19BrS/c1-3-12(11(2)14)9-10-15-13-7-5-4-6-8-13/h4-8,11-12H,3,9-10H2,1-2H3. The van der Waals surface area contributed by atoms with Crippen molar-refractivity contribution in [2.45, 2.75) is 36.4 Å². The average molecular weight is 287 g/mol. The molecule has 0 aromatic heterocycles. The largest absolute Gasteiger partial charge is 0.126 e. The zero-order valence-corrected chi connectivity index (χ0v) is 11.9. The summed E-state index contributed by atoms with van der Waals surface area (Å²) in [5.41, 5.74) is 0. The molecule has 0 bridgehead atoms. The number of benzene rings is 1. The topological polar surface area (TPSA) is 0 Å². The molecule has 0 saturated carbocycles. The van der Waals surface area contributed by atoms with Crippen LogP contribution in [-0.4, -0.2) is 10.6 Å². The van der Waals surface area contributed by atoms with E-state index in [-0.39, 0.29) is 0 Å². The molecule has 0 radical (unpaired) electrons. The molecular formula is C13H19BrS. The molecular weight excluding hydrogens is 268 g/mol. The third kappa shape index (κ3) is 5.07. The molecule has 0 fully saturated rings. The minimum Gasteiger partial charge on any atom is -0.126 e. The molecule has 0 aliphatic carbocycles. The third-order valence-corrected chi connectivity index (χ3v) is 4.47. The van der Waals surface area contributed by atoms with Crippen molar-refractivity contribution >= 4 is 27.7 Å². The number of rotatable bonds is 6. The van der Waals surface area contributed by atoms with Gasteiger partial charge < -0.3 is 0 Å². The Morgan fingerprint density at radius 1 is 1.27 bits per heavy atom. The predicted octanol–water partition coefficient (Wildman–Crippen LogP) is 4.98. The second-order valence-electron chi connectivity index (χ2n) is 3.80. The van der Waals surface area contributed by atoms with Gasteiger partial charge in [0.05, 0.1) is 0 Å². The van der Waals surface area contributed by atoms with Crippen LogP contribution in [0.4, 0.5) is 0 Å². The van der Waals surface area contributed by atoms with Gasteiger partial charge >= 0.3 is 0 Å². The Kier molecular flexibility index (Phi) is 6.42. The number of hydrogen-bond donors (Lipinski definition) is 0. The molecule has 2 unspecified atom stereocenters. The molecule has 0 nitrogen and oxygen atoms in total. The van der Waals surface area contributed by atoms with Crippen molar-refractivity contribution in [3.8, 4) is 0 Å². The van der Waals surface area contributed by atoms with Gasteiger partial charge in [-0.05, 0) is 30.2 Å². The quantitative estimate of drug-likeness (QED) is 0.525. The molecule has 0 amide bonds. The van der Waals surface area contributed by atoms with E-state index in [1.807, 2.05) is 11.8 Å². The summed E-state index contributed by atoms with van der Waals surface area (Å²) in [4.78, 5) is 2.02. The molecule has 2 heteroatoms. The molecule has 1 rings (SSSR count). The van der Waals surface area contributed by atoms with Gasteiger partial charge in [0.15, 0.2) is 0 Å². The van der Waals surface area contributed by atoms with Crippen LogP contribution in [-0.2, 0) is 0 Å². The van der Waals surface area contributed by atoms with Crippen molar-refractivity contribution in [3.05, 3.63) is 30.3 Å². The fraction of sp³-hybridized carbons (Fsp3) is 0.538. The summed E-state index contributed by atoms with van der Waals surface area (Å²) in [6.45, 7) is 4.52. The van der Waals surface area contributed by atoms with E-state index in [1.165, 1.54) is 23.5 Å². The van der Waals surface area contributed by atoms with Crippen LogP contribution in [0.1, 0.15) is 26.7 Å². The van der Waals surface area contributed by atoms with E-state index in [0.29, 0.717) is 4.83 Å². The highest BCUT2D eigenvalue weighted by molar-refractivity contribution is 9.09. The highest BCUT2D eigenvalue weighted by Crippen LogP contribution is 2.25. The molecule has 15 heavy (non-hydrogen) atoms. The molecule has 0 N–H and O–H groups in total. The Balaban J connectivity index is 2.27. The van der Waals surface area contributed by atoms with Crippen molar-refractivity contribution in [3.63, 3.8) is 0 Å². The smallest absolute Gasteiger partial charge is 0.0146 e. The summed E-state index contributed by atoms with van der Waals surface area (Å²) in [6.07, 6.45) is 2.56. The van der Waals surface area contributed by atoms with E-state index < -0.39 is 0 Å². The van der Waals surface area contributed by atoms with Crippen LogP contribution in [0.15, 0.2) is 35.2 Å². The van der Waals surface area contributed by atoms with E-state index >= 15 is 0 Å². The lowest BCUT2D eigenvalue weighted by Crippen LogP contribution is -2.10. The van der Waals surface area contributed by atoms with E-state index in [4.69, 9.17) is 0 Å². The second kappa shape index (κ2) is 7.34. The Morgan fingerprint density at radius 2 is 1.93 bits per heavy atom. The van der Waals surface area contributed by atoms with Crippen molar-refractivity contribution in [1.82, 2.24) is 0 Å². The summed E-state index contributed by atoms with van der Waals surface area (Å²) < 4.78 is 0. The molecule has 0 aliphatic rings. The van der Waals surface area contributed by atoms with Gasteiger partial charge in [-0.1, -0.05) is 54.4 Å². The molecule has 0 aliphatic heterocycles. The van der Waals surface area contributed by atoms with Gasteiger partial charge in [0.1, 0.15) is 0 Å². The van der Waals surface area contributed by atoms with Crippen LogP contribution in [0.25, 0.3) is 0 Å². The Hall–Kier alpha value is 0.0500. The fourth-order valence-corrected chi connectivity index (χ4v) is 3.25. The highest BCUT2D eigenvalue weighted by Gasteiger charge is 2.11. The number of halogens is 1. The van der Waals surface area contributed by atoms with Crippen molar-refractivity contribution in [2.75, 3.05) is 5.75 Å². The van der Waals surface area contributed by atoms with Crippen LogP contribution < -0.4 is 0 Å². The summed E-state index contributed by atoms with van der Waals surface area (Å²) in [7, 11) is 0. The first kappa shape index (κ1) is 13.1. The maximum Gasteiger partial charge on any atom is 0.0146 e. The van der Waals surface area contributed by atoms with E-state index in [9.17, 15) is 0 Å². The number of hydrogen-bond acceptors (Lipinski definition) is 1. The van der Waals surface area contributed by atoms with Crippen LogP contribution in [0.3, 0.4) is 0 Å². The van der Waals surface area contributed by atoms with Crippen molar-refractivity contribution in [2.24, 2.45) is 5.92 Å². The lowest BCUT2D eigenvalue weighted by atomic mass is 10.0. The average Bonchev–Trinajstić information content (AvgIpc) is 2.25. The normalized spacial score (nSPS) is 14.9. The molecule has 2 atom stereocenters. The van der Waals surface area contributed by atoms with Gasteiger partial charge in [0.25, 0.3) is 0 Å². The fourth-order valence-electron chi connectivity index (χ4n) is 1.60. The molecule has 1 aromatic carbocycles. The van der Waals surface area contributed by atoms with E-state index in [0.717, 1.165) is 5.92 Å². The SMILES string of the molecule is CCC(CCSc1ccccc1)C(C)Br. The molecule has 0 saturated heterocycles. The third-order valence-electron chi connectivity index (χ3n) is 2.67. The van der Waals surface area contributed by atoms with E-state index in [2.05, 4.69) is 60.1 Å². The van der Waals surface area contributed by atoms with Crippen LogP contribution in [0, 0.1) is 5.92 Å². The minimum atomic E-state index is 0.638. The maximum absolute atomic E-state index is 3.68. The van der Waals surface area contributed by atoms with Crippen LogP contribution in [0.2, 0.25) is 0 Å². The van der Waals surface area contributed by atoms with Gasteiger partial charge in [-0.3, -0.25) is 0 Å². The Labute approximate surface area is 106 Å². The van der Waals surface area contributed by atoms with Gasteiger partial charge in [-0.15, -0.1) is 11.8 Å². The first-order valence-electron chi connectivity index (χ1n) is 5.56. The summed E-state index contributed by atoms with van der Waals surface area (Å²) in [5.74, 6) is 2.03. The first-order valence-corrected chi connectivity index (χ1v) is 7.46. The minimum absolute atomic E-state index is 0.638. The van der Waals surface area contributed by atoms with Gasteiger partial charge in [0.2, 0.25) is 0 Å². The number of alkyl halides is 1. The summed E-state index contributed by atoms with van der Waals surface area (Å²) in [5, 5.41) is 0. The van der Waals surface area contributed by atoms with Crippen LogP contribution in [0.5, 0.6) is 0 Å². The molecule has 0 spiro atoms.